The Hall–Kier alpha value is -1.22. The number of carbonyl (C=O) groups is 1. The maximum Gasteiger partial charge on any atom is 0.345 e. The fourth-order valence-corrected chi connectivity index (χ4v) is 3.11. The van der Waals surface area contributed by atoms with Crippen LogP contribution in [0.2, 0.25) is 0 Å². The third-order valence-electron chi connectivity index (χ3n) is 4.42. The zero-order chi connectivity index (χ0) is 11.9. The number of rotatable bonds is 1. The Morgan fingerprint density at radius 2 is 1.59 bits per heavy atom. The van der Waals surface area contributed by atoms with Crippen molar-refractivity contribution in [2.45, 2.75) is 24.9 Å². The summed E-state index contributed by atoms with van der Waals surface area (Å²) in [5, 5.41) is 0. The third kappa shape index (κ3) is 1.69. The molecule has 3 heterocycles. The molecule has 3 heteroatoms. The highest BCUT2D eigenvalue weighted by atomic mass is 19.1. The average molecular weight is 234 g/mol. The first kappa shape index (κ1) is 10.9. The molecule has 1 amide bonds. The van der Waals surface area contributed by atoms with Gasteiger partial charge in [0, 0.05) is 19.3 Å². The molecule has 1 aromatic carbocycles. The van der Waals surface area contributed by atoms with E-state index in [0.29, 0.717) is 43.4 Å². The SMILES string of the molecule is O=C(c1ccccc1)[N+]12CCC(F)(CC1)CC2. The van der Waals surface area contributed by atoms with Gasteiger partial charge in [-0.15, -0.1) is 0 Å². The van der Waals surface area contributed by atoms with Crippen molar-refractivity contribution in [3.05, 3.63) is 35.9 Å². The number of carbonyl (C=O) groups excluding carboxylic acids is 1. The number of piperidine rings is 3. The van der Waals surface area contributed by atoms with E-state index >= 15 is 0 Å². The lowest BCUT2D eigenvalue weighted by Crippen LogP contribution is -2.65. The number of benzene rings is 1. The van der Waals surface area contributed by atoms with Crippen LogP contribution in [0.1, 0.15) is 29.6 Å². The summed E-state index contributed by atoms with van der Waals surface area (Å²) < 4.78 is 14.5. The zero-order valence-corrected chi connectivity index (χ0v) is 9.86. The molecule has 0 aromatic heterocycles. The molecule has 17 heavy (non-hydrogen) atoms. The number of quaternary nitrogens is 1. The predicted octanol–water partition coefficient (Wildman–Crippen LogP) is 2.55. The fraction of sp³-hybridized carbons (Fsp3) is 0.500. The van der Waals surface area contributed by atoms with Crippen LogP contribution < -0.4 is 0 Å². The second-order valence-electron chi connectivity index (χ2n) is 5.39. The molecule has 3 aliphatic rings. The van der Waals surface area contributed by atoms with Crippen LogP contribution in [0.25, 0.3) is 0 Å². The van der Waals surface area contributed by atoms with Gasteiger partial charge in [-0.25, -0.2) is 9.18 Å². The lowest BCUT2D eigenvalue weighted by Gasteiger charge is -2.49. The van der Waals surface area contributed by atoms with Gasteiger partial charge in [0.1, 0.15) is 5.67 Å². The molecule has 0 radical (unpaired) electrons. The molecular weight excluding hydrogens is 217 g/mol. The summed E-state index contributed by atoms with van der Waals surface area (Å²) in [6.45, 7) is 2.01. The summed E-state index contributed by atoms with van der Waals surface area (Å²) in [5.74, 6) is 0.173. The van der Waals surface area contributed by atoms with Crippen molar-refractivity contribution in [1.82, 2.24) is 0 Å². The molecule has 0 unspecified atom stereocenters. The second-order valence-corrected chi connectivity index (χ2v) is 5.39. The van der Waals surface area contributed by atoms with E-state index in [1.165, 1.54) is 0 Å². The second kappa shape index (κ2) is 3.64. The first-order valence-corrected chi connectivity index (χ1v) is 6.29. The van der Waals surface area contributed by atoms with Crippen LogP contribution >= 0.6 is 0 Å². The van der Waals surface area contributed by atoms with Gasteiger partial charge >= 0.3 is 5.91 Å². The average Bonchev–Trinajstić information content (AvgIpc) is 2.40. The summed E-state index contributed by atoms with van der Waals surface area (Å²) in [6.07, 6.45) is 1.64. The predicted molar refractivity (Wildman–Crippen MR) is 63.3 cm³/mol. The fourth-order valence-electron chi connectivity index (χ4n) is 3.11. The van der Waals surface area contributed by atoms with Gasteiger partial charge in [-0.3, -0.25) is 4.48 Å². The Morgan fingerprint density at radius 3 is 2.12 bits per heavy atom. The Bertz CT molecular complexity index is 418. The molecule has 2 bridgehead atoms. The van der Waals surface area contributed by atoms with Crippen LogP contribution in [0, 0.1) is 0 Å². The first-order valence-electron chi connectivity index (χ1n) is 6.29. The topological polar surface area (TPSA) is 17.1 Å². The van der Waals surface area contributed by atoms with Gasteiger partial charge in [0.15, 0.2) is 0 Å². The number of halogens is 1. The highest BCUT2D eigenvalue weighted by Gasteiger charge is 2.53. The number of alkyl halides is 1. The molecule has 90 valence electrons. The van der Waals surface area contributed by atoms with E-state index in [9.17, 15) is 9.18 Å². The minimum absolute atomic E-state index is 0.173. The van der Waals surface area contributed by atoms with Crippen LogP contribution in [0.4, 0.5) is 4.39 Å². The van der Waals surface area contributed by atoms with Crippen LogP contribution in [0.5, 0.6) is 0 Å². The summed E-state index contributed by atoms with van der Waals surface area (Å²) in [7, 11) is 0. The molecule has 4 rings (SSSR count). The van der Waals surface area contributed by atoms with Crippen LogP contribution in [0.3, 0.4) is 0 Å². The van der Waals surface area contributed by atoms with Crippen molar-refractivity contribution >= 4 is 5.91 Å². The van der Waals surface area contributed by atoms with Gasteiger partial charge < -0.3 is 0 Å². The number of hydrogen-bond acceptors (Lipinski definition) is 1. The third-order valence-corrected chi connectivity index (χ3v) is 4.42. The van der Waals surface area contributed by atoms with Crippen molar-refractivity contribution in [3.63, 3.8) is 0 Å². The molecule has 0 spiro atoms. The molecular formula is C14H17FNO+. The van der Waals surface area contributed by atoms with Gasteiger partial charge in [0.2, 0.25) is 0 Å². The molecule has 1 aromatic rings. The van der Waals surface area contributed by atoms with Crippen LogP contribution in [-0.4, -0.2) is 35.7 Å². The van der Waals surface area contributed by atoms with Crippen LogP contribution in [-0.2, 0) is 0 Å². The summed E-state index contributed by atoms with van der Waals surface area (Å²) >= 11 is 0. The monoisotopic (exact) mass is 234 g/mol. The number of amides is 1. The van der Waals surface area contributed by atoms with Crippen molar-refractivity contribution in [2.75, 3.05) is 19.6 Å². The lowest BCUT2D eigenvalue weighted by molar-refractivity contribution is -0.868. The first-order chi connectivity index (χ1) is 8.14. The van der Waals surface area contributed by atoms with Gasteiger partial charge in [0.05, 0.1) is 25.2 Å². The molecule has 3 saturated heterocycles. The molecule has 3 fully saturated rings. The van der Waals surface area contributed by atoms with E-state index in [2.05, 4.69) is 0 Å². The Kier molecular flexibility index (Phi) is 2.33. The van der Waals surface area contributed by atoms with Crippen molar-refractivity contribution in [3.8, 4) is 0 Å². The van der Waals surface area contributed by atoms with Gasteiger partial charge in [-0.1, -0.05) is 18.2 Å². The van der Waals surface area contributed by atoms with E-state index in [0.717, 1.165) is 5.56 Å². The number of fused-ring (bicyclic) bond motifs is 3. The maximum atomic E-state index is 14.1. The van der Waals surface area contributed by atoms with E-state index in [1.807, 2.05) is 30.3 Å². The zero-order valence-electron chi connectivity index (χ0n) is 9.86. The minimum Gasteiger partial charge on any atom is -0.256 e. The summed E-state index contributed by atoms with van der Waals surface area (Å²) in [4.78, 5) is 12.5. The quantitative estimate of drug-likeness (QED) is 0.682. The Labute approximate surface area is 101 Å². The highest BCUT2D eigenvalue weighted by Crippen LogP contribution is 2.40. The van der Waals surface area contributed by atoms with Crippen LogP contribution in [0.15, 0.2) is 30.3 Å². The van der Waals surface area contributed by atoms with Crippen molar-refractivity contribution < 1.29 is 13.7 Å². The van der Waals surface area contributed by atoms with E-state index < -0.39 is 5.67 Å². The highest BCUT2D eigenvalue weighted by molar-refractivity contribution is 5.89. The molecule has 3 aliphatic heterocycles. The number of hydrogen-bond donors (Lipinski definition) is 0. The minimum atomic E-state index is -0.975. The molecule has 0 atom stereocenters. The molecule has 0 aliphatic carbocycles. The van der Waals surface area contributed by atoms with Gasteiger partial charge in [-0.05, 0) is 12.1 Å². The Morgan fingerprint density at radius 1 is 1.06 bits per heavy atom. The van der Waals surface area contributed by atoms with Gasteiger partial charge in [0.25, 0.3) is 0 Å². The standard InChI is InChI=1S/C14H17FNO/c15-14-6-9-16(10-7-14,11-8-14)13(17)12-4-2-1-3-5-12/h1-5H,6-11H2/q+1. The van der Waals surface area contributed by atoms with Gasteiger partial charge in [-0.2, -0.15) is 0 Å². The van der Waals surface area contributed by atoms with Crippen molar-refractivity contribution in [2.24, 2.45) is 0 Å². The Balaban J connectivity index is 1.88. The lowest BCUT2D eigenvalue weighted by atomic mass is 9.82. The maximum absolute atomic E-state index is 14.1. The number of nitrogens with zero attached hydrogens (tertiary/aromatic N) is 1. The van der Waals surface area contributed by atoms with E-state index in [-0.39, 0.29) is 5.91 Å². The van der Waals surface area contributed by atoms with E-state index in [4.69, 9.17) is 0 Å². The molecule has 0 N–H and O–H groups in total. The smallest absolute Gasteiger partial charge is 0.256 e. The molecule has 2 nitrogen and oxygen atoms in total. The van der Waals surface area contributed by atoms with E-state index in [1.54, 1.807) is 0 Å². The molecule has 0 saturated carbocycles. The normalized spacial score (nSPS) is 35.8. The largest absolute Gasteiger partial charge is 0.345 e. The summed E-state index contributed by atoms with van der Waals surface area (Å²) in [6, 6.07) is 9.41. The summed E-state index contributed by atoms with van der Waals surface area (Å²) in [5.41, 5.74) is -0.211. The van der Waals surface area contributed by atoms with Crippen molar-refractivity contribution in [1.29, 1.82) is 0 Å².